The SMILES string of the molecule is COOC(=O)C(CCc1ccccc1)OC. The van der Waals surface area contributed by atoms with Crippen LogP contribution in [0, 0.1) is 0 Å². The van der Waals surface area contributed by atoms with Crippen LogP contribution >= 0.6 is 0 Å². The number of carbonyl (C=O) groups is 1. The van der Waals surface area contributed by atoms with Crippen molar-refractivity contribution in [2.75, 3.05) is 14.2 Å². The van der Waals surface area contributed by atoms with Gasteiger partial charge in [-0.2, -0.15) is 4.89 Å². The van der Waals surface area contributed by atoms with Gasteiger partial charge in [0.1, 0.15) is 0 Å². The van der Waals surface area contributed by atoms with Crippen molar-refractivity contribution in [2.24, 2.45) is 0 Å². The number of carbonyl (C=O) groups excluding carboxylic acids is 1. The van der Waals surface area contributed by atoms with Crippen molar-refractivity contribution in [3.05, 3.63) is 35.9 Å². The van der Waals surface area contributed by atoms with Crippen molar-refractivity contribution >= 4 is 5.97 Å². The Labute approximate surface area is 95.1 Å². The molecule has 0 N–H and O–H groups in total. The van der Waals surface area contributed by atoms with E-state index in [-0.39, 0.29) is 0 Å². The topological polar surface area (TPSA) is 44.8 Å². The van der Waals surface area contributed by atoms with E-state index in [9.17, 15) is 4.79 Å². The highest BCUT2D eigenvalue weighted by Crippen LogP contribution is 2.08. The highest BCUT2D eigenvalue weighted by molar-refractivity contribution is 5.74. The van der Waals surface area contributed by atoms with E-state index in [2.05, 4.69) is 9.78 Å². The number of rotatable bonds is 6. The lowest BCUT2D eigenvalue weighted by molar-refractivity contribution is -0.263. The second-order valence-corrected chi connectivity index (χ2v) is 3.32. The fourth-order valence-corrected chi connectivity index (χ4v) is 1.41. The van der Waals surface area contributed by atoms with E-state index in [1.54, 1.807) is 0 Å². The average molecular weight is 224 g/mol. The van der Waals surface area contributed by atoms with Crippen molar-refractivity contribution in [1.29, 1.82) is 0 Å². The van der Waals surface area contributed by atoms with Crippen LogP contribution in [0.1, 0.15) is 12.0 Å². The summed E-state index contributed by atoms with van der Waals surface area (Å²) in [5, 5.41) is 0. The Morgan fingerprint density at radius 3 is 2.50 bits per heavy atom. The Bertz CT molecular complexity index is 310. The van der Waals surface area contributed by atoms with Gasteiger partial charge in [-0.1, -0.05) is 30.3 Å². The van der Waals surface area contributed by atoms with E-state index in [1.807, 2.05) is 30.3 Å². The minimum Gasteiger partial charge on any atom is -0.370 e. The summed E-state index contributed by atoms with van der Waals surface area (Å²) in [4.78, 5) is 20.1. The smallest absolute Gasteiger partial charge is 0.370 e. The van der Waals surface area contributed by atoms with Gasteiger partial charge in [-0.05, 0) is 18.4 Å². The van der Waals surface area contributed by atoms with Crippen LogP contribution in [-0.4, -0.2) is 26.3 Å². The maximum absolute atomic E-state index is 11.3. The number of methoxy groups -OCH3 is 1. The number of hydrogen-bond donors (Lipinski definition) is 0. The molecule has 0 aliphatic carbocycles. The van der Waals surface area contributed by atoms with Crippen LogP contribution in [-0.2, 0) is 25.7 Å². The largest absolute Gasteiger partial charge is 0.370 e. The van der Waals surface area contributed by atoms with Gasteiger partial charge in [-0.3, -0.25) is 4.89 Å². The molecule has 0 fully saturated rings. The standard InChI is InChI=1S/C12H16O4/c1-14-11(12(13)16-15-2)9-8-10-6-4-3-5-7-10/h3-7,11H,8-9H2,1-2H3. The molecule has 4 heteroatoms. The van der Waals surface area contributed by atoms with Gasteiger partial charge in [0.25, 0.3) is 0 Å². The zero-order valence-corrected chi connectivity index (χ0v) is 9.51. The van der Waals surface area contributed by atoms with Gasteiger partial charge in [0, 0.05) is 7.11 Å². The van der Waals surface area contributed by atoms with E-state index in [4.69, 9.17) is 4.74 Å². The predicted molar refractivity (Wildman–Crippen MR) is 58.7 cm³/mol. The summed E-state index contributed by atoms with van der Waals surface area (Å²) in [5.74, 6) is -0.499. The first kappa shape index (κ1) is 12.7. The molecule has 0 saturated heterocycles. The fourth-order valence-electron chi connectivity index (χ4n) is 1.41. The molecule has 1 aromatic rings. The summed E-state index contributed by atoms with van der Waals surface area (Å²) >= 11 is 0. The monoisotopic (exact) mass is 224 g/mol. The first-order valence-corrected chi connectivity index (χ1v) is 5.09. The van der Waals surface area contributed by atoms with Crippen LogP contribution in [0.3, 0.4) is 0 Å². The zero-order valence-electron chi connectivity index (χ0n) is 9.51. The summed E-state index contributed by atoms with van der Waals surface area (Å²) in [5.41, 5.74) is 1.16. The zero-order chi connectivity index (χ0) is 11.8. The lowest BCUT2D eigenvalue weighted by Crippen LogP contribution is -2.25. The minimum atomic E-state index is -0.583. The highest BCUT2D eigenvalue weighted by atomic mass is 17.2. The molecule has 88 valence electrons. The van der Waals surface area contributed by atoms with Crippen molar-refractivity contribution < 1.29 is 19.3 Å². The van der Waals surface area contributed by atoms with E-state index in [0.717, 1.165) is 12.0 Å². The van der Waals surface area contributed by atoms with Crippen molar-refractivity contribution in [3.63, 3.8) is 0 Å². The molecule has 1 atom stereocenters. The normalized spacial score (nSPS) is 12.1. The first-order chi connectivity index (χ1) is 7.77. The van der Waals surface area contributed by atoms with Crippen LogP contribution in [0.25, 0.3) is 0 Å². The fraction of sp³-hybridized carbons (Fsp3) is 0.417. The number of hydrogen-bond acceptors (Lipinski definition) is 4. The summed E-state index contributed by atoms with van der Waals surface area (Å²) in [7, 11) is 2.77. The third-order valence-electron chi connectivity index (χ3n) is 2.25. The van der Waals surface area contributed by atoms with Crippen LogP contribution in [0.4, 0.5) is 0 Å². The summed E-state index contributed by atoms with van der Waals surface area (Å²) in [6, 6.07) is 9.90. The third kappa shape index (κ3) is 4.00. The van der Waals surface area contributed by atoms with Crippen molar-refractivity contribution in [1.82, 2.24) is 0 Å². The number of aryl methyl sites for hydroxylation is 1. The first-order valence-electron chi connectivity index (χ1n) is 5.09. The second-order valence-electron chi connectivity index (χ2n) is 3.32. The molecular weight excluding hydrogens is 208 g/mol. The van der Waals surface area contributed by atoms with E-state index in [1.165, 1.54) is 14.2 Å². The molecule has 1 aromatic carbocycles. The van der Waals surface area contributed by atoms with Crippen LogP contribution in [0.2, 0.25) is 0 Å². The number of benzene rings is 1. The maximum atomic E-state index is 11.3. The van der Waals surface area contributed by atoms with E-state index in [0.29, 0.717) is 6.42 Å². The molecule has 1 unspecified atom stereocenters. The highest BCUT2D eigenvalue weighted by Gasteiger charge is 2.19. The quantitative estimate of drug-likeness (QED) is 0.545. The van der Waals surface area contributed by atoms with Crippen molar-refractivity contribution in [3.8, 4) is 0 Å². The van der Waals surface area contributed by atoms with E-state index >= 15 is 0 Å². The van der Waals surface area contributed by atoms with Gasteiger partial charge >= 0.3 is 5.97 Å². The average Bonchev–Trinajstić information content (AvgIpc) is 2.31. The van der Waals surface area contributed by atoms with Crippen LogP contribution in [0.5, 0.6) is 0 Å². The van der Waals surface area contributed by atoms with Crippen molar-refractivity contribution in [2.45, 2.75) is 18.9 Å². The van der Waals surface area contributed by atoms with Crippen LogP contribution < -0.4 is 0 Å². The van der Waals surface area contributed by atoms with Gasteiger partial charge in [-0.25, -0.2) is 4.79 Å². The molecule has 0 aromatic heterocycles. The third-order valence-corrected chi connectivity index (χ3v) is 2.25. The van der Waals surface area contributed by atoms with E-state index < -0.39 is 12.1 Å². The Kier molecular flexibility index (Phi) is 5.53. The Morgan fingerprint density at radius 1 is 1.25 bits per heavy atom. The summed E-state index contributed by atoms with van der Waals surface area (Å²) < 4.78 is 5.03. The Balaban J connectivity index is 2.43. The van der Waals surface area contributed by atoms with Gasteiger partial charge in [0.15, 0.2) is 6.10 Å². The summed E-state index contributed by atoms with van der Waals surface area (Å²) in [6.07, 6.45) is 0.751. The van der Waals surface area contributed by atoms with Gasteiger partial charge in [-0.15, -0.1) is 0 Å². The molecule has 0 aliphatic rings. The van der Waals surface area contributed by atoms with Crippen LogP contribution in [0.15, 0.2) is 30.3 Å². The molecule has 0 heterocycles. The lowest BCUT2D eigenvalue weighted by Gasteiger charge is -2.12. The second kappa shape index (κ2) is 6.98. The molecule has 0 bridgehead atoms. The lowest BCUT2D eigenvalue weighted by atomic mass is 10.1. The molecular formula is C12H16O4. The number of ether oxygens (including phenoxy) is 1. The molecule has 0 amide bonds. The Hall–Kier alpha value is -1.39. The molecule has 0 spiro atoms. The molecule has 4 nitrogen and oxygen atoms in total. The Morgan fingerprint density at radius 2 is 1.94 bits per heavy atom. The molecule has 0 saturated carbocycles. The summed E-state index contributed by atoms with van der Waals surface area (Å²) in [6.45, 7) is 0. The maximum Gasteiger partial charge on any atom is 0.370 e. The molecule has 1 rings (SSSR count). The van der Waals surface area contributed by atoms with Gasteiger partial charge in [0.05, 0.1) is 7.11 Å². The van der Waals surface area contributed by atoms with Gasteiger partial charge < -0.3 is 4.74 Å². The van der Waals surface area contributed by atoms with Gasteiger partial charge in [0.2, 0.25) is 0 Å². The molecule has 0 aliphatic heterocycles. The molecule has 0 radical (unpaired) electrons. The molecule has 16 heavy (non-hydrogen) atoms. The predicted octanol–water partition coefficient (Wildman–Crippen LogP) is 1.74. The minimum absolute atomic E-state index is 0.499.